The number of ether oxygens (including phenoxy) is 3. The molecule has 0 saturated heterocycles. The molecule has 23 heavy (non-hydrogen) atoms. The molecule has 2 rings (SSSR count). The maximum atomic E-state index is 9.11. The first kappa shape index (κ1) is 16.7. The van der Waals surface area contributed by atoms with Crippen LogP contribution in [-0.2, 0) is 0 Å². The Balaban J connectivity index is 1.95. The van der Waals surface area contributed by atoms with Crippen LogP contribution in [0.4, 0.5) is 0 Å². The Morgan fingerprint density at radius 1 is 1.00 bits per heavy atom. The van der Waals surface area contributed by atoms with Gasteiger partial charge in [-0.15, -0.1) is 0 Å². The van der Waals surface area contributed by atoms with E-state index in [1.54, 1.807) is 25.3 Å². The van der Waals surface area contributed by atoms with E-state index in [0.717, 1.165) is 5.75 Å². The average molecular weight is 311 g/mol. The molecule has 0 N–H and O–H groups in total. The monoisotopic (exact) mass is 311 g/mol. The molecule has 0 heterocycles. The van der Waals surface area contributed by atoms with Gasteiger partial charge < -0.3 is 14.2 Å². The standard InChI is InChI=1S/C19H21NO3/c1-14(2)17-6-4-5-7-18(17)22-10-11-23-19-12-16(21-3)9-8-15(19)13-20/h4-9,12,14H,10-11H2,1-3H3. The van der Waals surface area contributed by atoms with Gasteiger partial charge in [0.15, 0.2) is 0 Å². The van der Waals surface area contributed by atoms with Crippen molar-refractivity contribution in [1.29, 1.82) is 5.26 Å². The van der Waals surface area contributed by atoms with E-state index in [1.165, 1.54) is 5.56 Å². The molecule has 120 valence electrons. The first-order chi connectivity index (χ1) is 11.2. The number of para-hydroxylation sites is 1. The molecule has 0 unspecified atom stereocenters. The lowest BCUT2D eigenvalue weighted by atomic mass is 10.0. The lowest BCUT2D eigenvalue weighted by molar-refractivity contribution is 0.214. The normalized spacial score (nSPS) is 10.2. The summed E-state index contributed by atoms with van der Waals surface area (Å²) >= 11 is 0. The minimum atomic E-state index is 0.355. The quantitative estimate of drug-likeness (QED) is 0.721. The second-order valence-electron chi connectivity index (χ2n) is 5.36. The molecule has 0 atom stereocenters. The predicted octanol–water partition coefficient (Wildman–Crippen LogP) is 4.15. The van der Waals surface area contributed by atoms with E-state index in [0.29, 0.717) is 36.2 Å². The summed E-state index contributed by atoms with van der Waals surface area (Å²) in [5.41, 5.74) is 1.65. The minimum absolute atomic E-state index is 0.355. The molecule has 0 aliphatic carbocycles. The van der Waals surface area contributed by atoms with Crippen molar-refractivity contribution in [3.05, 3.63) is 53.6 Å². The summed E-state index contributed by atoms with van der Waals surface area (Å²) in [7, 11) is 1.58. The number of hydrogen-bond donors (Lipinski definition) is 0. The van der Waals surface area contributed by atoms with Crippen LogP contribution in [0.5, 0.6) is 17.2 Å². The van der Waals surface area contributed by atoms with Gasteiger partial charge in [-0.3, -0.25) is 0 Å². The second kappa shape index (κ2) is 8.09. The Labute approximate surface area is 137 Å². The molecule has 0 bridgehead atoms. The summed E-state index contributed by atoms with van der Waals surface area (Å²) in [6.45, 7) is 5.03. The van der Waals surface area contributed by atoms with Gasteiger partial charge in [-0.25, -0.2) is 0 Å². The van der Waals surface area contributed by atoms with Crippen molar-refractivity contribution in [3.63, 3.8) is 0 Å². The molecule has 0 spiro atoms. The molecule has 4 nitrogen and oxygen atoms in total. The van der Waals surface area contributed by atoms with Crippen LogP contribution in [0.2, 0.25) is 0 Å². The van der Waals surface area contributed by atoms with E-state index < -0.39 is 0 Å². The maximum Gasteiger partial charge on any atom is 0.140 e. The van der Waals surface area contributed by atoms with Crippen molar-refractivity contribution in [2.75, 3.05) is 20.3 Å². The molecule has 0 amide bonds. The summed E-state index contributed by atoms with van der Waals surface area (Å²) in [6.07, 6.45) is 0. The van der Waals surface area contributed by atoms with Crippen molar-refractivity contribution < 1.29 is 14.2 Å². The number of rotatable bonds is 7. The molecule has 0 radical (unpaired) electrons. The van der Waals surface area contributed by atoms with Crippen LogP contribution >= 0.6 is 0 Å². The van der Waals surface area contributed by atoms with Crippen LogP contribution in [0, 0.1) is 11.3 Å². The third-order valence-electron chi connectivity index (χ3n) is 3.45. The fourth-order valence-corrected chi connectivity index (χ4v) is 2.23. The van der Waals surface area contributed by atoms with Crippen molar-refractivity contribution in [2.24, 2.45) is 0 Å². The number of hydrogen-bond acceptors (Lipinski definition) is 4. The molecule has 2 aromatic carbocycles. The molecule has 2 aromatic rings. The summed E-state index contributed by atoms with van der Waals surface area (Å²) in [5, 5.41) is 9.11. The molecule has 0 aromatic heterocycles. The van der Waals surface area contributed by atoms with Gasteiger partial charge in [0, 0.05) is 6.07 Å². The van der Waals surface area contributed by atoms with Gasteiger partial charge >= 0.3 is 0 Å². The van der Waals surface area contributed by atoms with Gasteiger partial charge in [-0.1, -0.05) is 32.0 Å². The highest BCUT2D eigenvalue weighted by molar-refractivity contribution is 5.47. The molecule has 0 saturated carbocycles. The van der Waals surface area contributed by atoms with Gasteiger partial charge in [0.1, 0.15) is 36.5 Å². The highest BCUT2D eigenvalue weighted by Gasteiger charge is 2.08. The van der Waals surface area contributed by atoms with Crippen molar-refractivity contribution in [2.45, 2.75) is 19.8 Å². The van der Waals surface area contributed by atoms with E-state index in [9.17, 15) is 0 Å². The second-order valence-corrected chi connectivity index (χ2v) is 5.36. The minimum Gasteiger partial charge on any atom is -0.497 e. The van der Waals surface area contributed by atoms with Gasteiger partial charge in [0.2, 0.25) is 0 Å². The van der Waals surface area contributed by atoms with Gasteiger partial charge in [-0.2, -0.15) is 5.26 Å². The Bertz CT molecular complexity index is 689. The van der Waals surface area contributed by atoms with Crippen LogP contribution in [0.15, 0.2) is 42.5 Å². The number of nitrogens with zero attached hydrogens (tertiary/aromatic N) is 1. The molecule has 0 aliphatic rings. The Morgan fingerprint density at radius 2 is 1.70 bits per heavy atom. The van der Waals surface area contributed by atoms with E-state index in [4.69, 9.17) is 19.5 Å². The Hall–Kier alpha value is -2.67. The Kier molecular flexibility index (Phi) is 5.87. The summed E-state index contributed by atoms with van der Waals surface area (Å²) in [5.74, 6) is 2.44. The fraction of sp³-hybridized carbons (Fsp3) is 0.316. The smallest absolute Gasteiger partial charge is 0.140 e. The maximum absolute atomic E-state index is 9.11. The van der Waals surface area contributed by atoms with E-state index >= 15 is 0 Å². The summed E-state index contributed by atoms with van der Waals surface area (Å²) in [6, 6.07) is 15.2. The van der Waals surface area contributed by atoms with Crippen LogP contribution in [-0.4, -0.2) is 20.3 Å². The van der Waals surface area contributed by atoms with Crippen molar-refractivity contribution in [1.82, 2.24) is 0 Å². The van der Waals surface area contributed by atoms with Crippen LogP contribution in [0.3, 0.4) is 0 Å². The SMILES string of the molecule is COc1ccc(C#N)c(OCCOc2ccccc2C(C)C)c1. The molecule has 0 fully saturated rings. The number of nitriles is 1. The zero-order chi connectivity index (χ0) is 16.7. The molecule has 4 heteroatoms. The highest BCUT2D eigenvalue weighted by atomic mass is 16.5. The topological polar surface area (TPSA) is 51.5 Å². The van der Waals surface area contributed by atoms with E-state index in [1.807, 2.05) is 18.2 Å². The summed E-state index contributed by atoms with van der Waals surface area (Å²) in [4.78, 5) is 0. The molecular weight excluding hydrogens is 290 g/mol. The number of methoxy groups -OCH3 is 1. The molecule has 0 aliphatic heterocycles. The van der Waals surface area contributed by atoms with Crippen LogP contribution in [0.25, 0.3) is 0 Å². The average Bonchev–Trinajstić information content (AvgIpc) is 2.58. The lowest BCUT2D eigenvalue weighted by Crippen LogP contribution is -2.11. The van der Waals surface area contributed by atoms with Gasteiger partial charge in [0.05, 0.1) is 12.7 Å². The van der Waals surface area contributed by atoms with Crippen molar-refractivity contribution in [3.8, 4) is 23.3 Å². The highest BCUT2D eigenvalue weighted by Crippen LogP contribution is 2.26. The Morgan fingerprint density at radius 3 is 2.35 bits per heavy atom. The zero-order valence-electron chi connectivity index (χ0n) is 13.7. The van der Waals surface area contributed by atoms with Crippen LogP contribution in [0.1, 0.15) is 30.9 Å². The fourth-order valence-electron chi connectivity index (χ4n) is 2.23. The van der Waals surface area contributed by atoms with Crippen LogP contribution < -0.4 is 14.2 Å². The largest absolute Gasteiger partial charge is 0.497 e. The lowest BCUT2D eigenvalue weighted by Gasteiger charge is -2.14. The third-order valence-corrected chi connectivity index (χ3v) is 3.45. The summed E-state index contributed by atoms with van der Waals surface area (Å²) < 4.78 is 16.6. The van der Waals surface area contributed by atoms with E-state index in [-0.39, 0.29) is 0 Å². The third kappa shape index (κ3) is 4.40. The van der Waals surface area contributed by atoms with Crippen molar-refractivity contribution >= 4 is 0 Å². The first-order valence-corrected chi connectivity index (χ1v) is 7.58. The van der Waals surface area contributed by atoms with Gasteiger partial charge in [-0.05, 0) is 29.7 Å². The first-order valence-electron chi connectivity index (χ1n) is 7.58. The van der Waals surface area contributed by atoms with Gasteiger partial charge in [0.25, 0.3) is 0 Å². The zero-order valence-corrected chi connectivity index (χ0v) is 13.7. The molecular formula is C19H21NO3. The van der Waals surface area contributed by atoms with E-state index in [2.05, 4.69) is 26.0 Å². The predicted molar refractivity (Wildman–Crippen MR) is 89.2 cm³/mol. The number of benzene rings is 2.